The van der Waals surface area contributed by atoms with Gasteiger partial charge in [-0.3, -0.25) is 4.79 Å². The van der Waals surface area contributed by atoms with E-state index in [4.69, 9.17) is 28.4 Å². The van der Waals surface area contributed by atoms with Crippen molar-refractivity contribution in [1.29, 1.82) is 0 Å². The summed E-state index contributed by atoms with van der Waals surface area (Å²) in [5, 5.41) is 72.4. The predicted molar refractivity (Wildman–Crippen MR) is 307 cm³/mol. The lowest BCUT2D eigenvalue weighted by molar-refractivity contribution is -0.332. The van der Waals surface area contributed by atoms with Gasteiger partial charge in [-0.2, -0.15) is 0 Å². The van der Waals surface area contributed by atoms with Crippen LogP contribution in [0.15, 0.2) is 24.3 Å². The number of carbonyl (C=O) groups excluding carboxylic acids is 1. The zero-order valence-electron chi connectivity index (χ0n) is 49.0. The van der Waals surface area contributed by atoms with Gasteiger partial charge in [0.05, 0.1) is 26.4 Å². The van der Waals surface area contributed by atoms with Crippen molar-refractivity contribution in [2.75, 3.05) is 33.0 Å². The number of ether oxygens (including phenoxy) is 6. The Morgan fingerprint density at radius 3 is 1.25 bits per heavy atom. The van der Waals surface area contributed by atoms with Gasteiger partial charge in [-0.25, -0.2) is 0 Å². The molecular weight excluding hydrogens is 981 g/mol. The van der Waals surface area contributed by atoms with Crippen molar-refractivity contribution in [2.24, 2.45) is 0 Å². The Kier molecular flexibility index (Phi) is 46.7. The number of allylic oxidation sites excluding steroid dienone is 4. The monoisotopic (exact) mass is 1100 g/mol. The second-order valence-corrected chi connectivity index (χ2v) is 22.6. The molecule has 0 spiro atoms. The zero-order valence-corrected chi connectivity index (χ0v) is 49.0. The molecular formula is C63H118O14. The molecule has 7 N–H and O–H groups in total. The van der Waals surface area contributed by atoms with Crippen LogP contribution in [0.1, 0.15) is 271 Å². The fourth-order valence-corrected chi connectivity index (χ4v) is 10.3. The molecule has 0 aromatic carbocycles. The number of hydrogen-bond donors (Lipinski definition) is 7. The zero-order chi connectivity index (χ0) is 55.8. The number of esters is 1. The molecule has 0 aromatic rings. The van der Waals surface area contributed by atoms with Gasteiger partial charge in [-0.1, -0.05) is 244 Å². The lowest BCUT2D eigenvalue weighted by Crippen LogP contribution is -2.61. The second-order valence-electron chi connectivity index (χ2n) is 22.6. The second kappa shape index (κ2) is 50.2. The molecule has 2 aliphatic heterocycles. The molecule has 0 radical (unpaired) electrons. The summed E-state index contributed by atoms with van der Waals surface area (Å²) in [6.45, 7) is 3.74. The van der Waals surface area contributed by atoms with E-state index in [9.17, 15) is 40.5 Å². The van der Waals surface area contributed by atoms with Crippen molar-refractivity contribution in [2.45, 2.75) is 338 Å². The molecule has 454 valence electrons. The Bertz CT molecular complexity index is 1370. The quantitative estimate of drug-likeness (QED) is 0.0172. The number of aliphatic hydroxyl groups excluding tert-OH is 7. The first-order chi connectivity index (χ1) is 37.6. The van der Waals surface area contributed by atoms with Gasteiger partial charge in [0, 0.05) is 13.0 Å². The molecule has 11 atom stereocenters. The molecule has 2 rings (SSSR count). The summed E-state index contributed by atoms with van der Waals surface area (Å²) in [6.07, 6.45) is 42.4. The van der Waals surface area contributed by atoms with Crippen LogP contribution in [0.2, 0.25) is 0 Å². The molecule has 14 heteroatoms. The molecule has 2 heterocycles. The van der Waals surface area contributed by atoms with Crippen LogP contribution >= 0.6 is 0 Å². The summed E-state index contributed by atoms with van der Waals surface area (Å²) < 4.78 is 34.5. The molecule has 0 aliphatic carbocycles. The van der Waals surface area contributed by atoms with E-state index in [0.717, 1.165) is 44.9 Å². The lowest BCUT2D eigenvalue weighted by Gasteiger charge is -2.42. The van der Waals surface area contributed by atoms with E-state index in [1.165, 1.54) is 199 Å². The maximum Gasteiger partial charge on any atom is 0.306 e. The van der Waals surface area contributed by atoms with Crippen molar-refractivity contribution in [1.82, 2.24) is 0 Å². The maximum atomic E-state index is 13.1. The summed E-state index contributed by atoms with van der Waals surface area (Å²) in [7, 11) is 0. The van der Waals surface area contributed by atoms with Gasteiger partial charge in [-0.05, 0) is 44.9 Å². The standard InChI is InChI=1S/C63H118O14/c1-3-5-7-9-11-13-15-17-19-21-22-23-24-25-26-27-28-29-31-33-35-37-39-41-43-45-47-72-49-52(75-55(65)46-44-42-40-38-36-34-32-30-20-18-16-14-12-10-8-6-4-2)50-73-62-61(71)59(69)57(67)54(77-62)51-74-63-60(70)58(68)56(66)53(48-64)76-63/h15,17,21-22,52-54,56-64,66-71H,3-14,16,18-20,23-51H2,1-2H3/b17-15-,22-21-. The first kappa shape index (κ1) is 71.6. The molecule has 0 amide bonds. The van der Waals surface area contributed by atoms with E-state index in [1.807, 2.05) is 0 Å². The van der Waals surface area contributed by atoms with Crippen molar-refractivity contribution >= 4 is 5.97 Å². The summed E-state index contributed by atoms with van der Waals surface area (Å²) in [5.41, 5.74) is 0. The van der Waals surface area contributed by atoms with Crippen LogP contribution in [-0.2, 0) is 33.2 Å². The molecule has 2 saturated heterocycles. The number of carbonyl (C=O) groups is 1. The van der Waals surface area contributed by atoms with Crippen molar-refractivity contribution in [3.05, 3.63) is 24.3 Å². The summed E-state index contributed by atoms with van der Waals surface area (Å²) in [4.78, 5) is 13.1. The number of unbranched alkanes of at least 4 members (excludes halogenated alkanes) is 35. The van der Waals surface area contributed by atoms with Gasteiger partial charge < -0.3 is 64.2 Å². The average molecular weight is 1100 g/mol. The number of aliphatic hydroxyl groups is 7. The maximum absolute atomic E-state index is 13.1. The first-order valence-electron chi connectivity index (χ1n) is 31.9. The van der Waals surface area contributed by atoms with E-state index in [-0.39, 0.29) is 25.6 Å². The topological polar surface area (TPSA) is 214 Å². The smallest absolute Gasteiger partial charge is 0.306 e. The molecule has 2 fully saturated rings. The van der Waals surface area contributed by atoms with E-state index in [0.29, 0.717) is 13.0 Å². The number of rotatable bonds is 53. The Morgan fingerprint density at radius 1 is 0.429 bits per heavy atom. The minimum Gasteiger partial charge on any atom is -0.457 e. The SMILES string of the molecule is CCCCCCC/C=C\C/C=C\CCCCCCCCCCCCCCCCOCC(COC1OC(COC2OC(CO)C(O)C(O)C2O)C(O)C(O)C1O)OC(=O)CCCCCCCCCCCCCCCCCCC. The van der Waals surface area contributed by atoms with Crippen LogP contribution in [0.5, 0.6) is 0 Å². The van der Waals surface area contributed by atoms with Crippen molar-refractivity contribution < 1.29 is 69.0 Å². The number of hydrogen-bond acceptors (Lipinski definition) is 14. The molecule has 0 aromatic heterocycles. The average Bonchev–Trinajstić information content (AvgIpc) is 3.43. The van der Waals surface area contributed by atoms with Gasteiger partial charge in [0.25, 0.3) is 0 Å². The minimum absolute atomic E-state index is 0.0667. The highest BCUT2D eigenvalue weighted by molar-refractivity contribution is 5.69. The highest BCUT2D eigenvalue weighted by Gasteiger charge is 2.47. The fraction of sp³-hybridized carbons (Fsp3) is 0.921. The third-order valence-electron chi connectivity index (χ3n) is 15.5. The third kappa shape index (κ3) is 36.5. The summed E-state index contributed by atoms with van der Waals surface area (Å²) in [6, 6.07) is 0. The molecule has 11 unspecified atom stereocenters. The van der Waals surface area contributed by atoms with Gasteiger partial charge in [0.15, 0.2) is 12.6 Å². The summed E-state index contributed by atoms with van der Waals surface area (Å²) in [5.74, 6) is -0.369. The van der Waals surface area contributed by atoms with Crippen LogP contribution in [0, 0.1) is 0 Å². The molecule has 2 aliphatic rings. The highest BCUT2D eigenvalue weighted by atomic mass is 16.7. The van der Waals surface area contributed by atoms with E-state index in [1.54, 1.807) is 0 Å². The Hall–Kier alpha value is -1.53. The van der Waals surface area contributed by atoms with Crippen LogP contribution < -0.4 is 0 Å². The van der Waals surface area contributed by atoms with Gasteiger partial charge in [0.2, 0.25) is 0 Å². The first-order valence-corrected chi connectivity index (χ1v) is 31.9. The van der Waals surface area contributed by atoms with Crippen molar-refractivity contribution in [3.8, 4) is 0 Å². The molecule has 0 saturated carbocycles. The molecule has 0 bridgehead atoms. The largest absolute Gasteiger partial charge is 0.457 e. The van der Waals surface area contributed by atoms with E-state index < -0.39 is 80.7 Å². The Labute approximate surface area is 468 Å². The highest BCUT2D eigenvalue weighted by Crippen LogP contribution is 2.27. The van der Waals surface area contributed by atoms with Gasteiger partial charge in [0.1, 0.15) is 54.9 Å². The normalized spacial score (nSPS) is 24.4. The van der Waals surface area contributed by atoms with Crippen LogP contribution in [0.4, 0.5) is 0 Å². The minimum atomic E-state index is -1.70. The third-order valence-corrected chi connectivity index (χ3v) is 15.5. The van der Waals surface area contributed by atoms with E-state index >= 15 is 0 Å². The lowest BCUT2D eigenvalue weighted by atomic mass is 9.98. The van der Waals surface area contributed by atoms with Gasteiger partial charge in [-0.15, -0.1) is 0 Å². The van der Waals surface area contributed by atoms with E-state index in [2.05, 4.69) is 38.2 Å². The molecule has 14 nitrogen and oxygen atoms in total. The Morgan fingerprint density at radius 2 is 0.805 bits per heavy atom. The summed E-state index contributed by atoms with van der Waals surface area (Å²) >= 11 is 0. The van der Waals surface area contributed by atoms with Crippen molar-refractivity contribution in [3.63, 3.8) is 0 Å². The predicted octanol–water partition coefficient (Wildman–Crippen LogP) is 12.3. The molecule has 77 heavy (non-hydrogen) atoms. The van der Waals surface area contributed by atoms with Crippen LogP contribution in [0.3, 0.4) is 0 Å². The fourth-order valence-electron chi connectivity index (χ4n) is 10.3. The van der Waals surface area contributed by atoms with Crippen LogP contribution in [0.25, 0.3) is 0 Å². The Balaban J connectivity index is 1.65. The van der Waals surface area contributed by atoms with Gasteiger partial charge >= 0.3 is 5.97 Å². The van der Waals surface area contributed by atoms with Crippen LogP contribution in [-0.4, -0.2) is 142 Å².